The van der Waals surface area contributed by atoms with Gasteiger partial charge in [0.05, 0.1) is 6.26 Å². The van der Waals surface area contributed by atoms with Gasteiger partial charge in [-0.2, -0.15) is 0 Å². The molecule has 0 aromatic carbocycles. The number of hydrogen-bond donors (Lipinski definition) is 1. The summed E-state index contributed by atoms with van der Waals surface area (Å²) in [5.41, 5.74) is 0. The summed E-state index contributed by atoms with van der Waals surface area (Å²) < 4.78 is 24.8. The molecule has 1 fully saturated rings. The van der Waals surface area contributed by atoms with Gasteiger partial charge in [-0.1, -0.05) is 27.7 Å². The summed E-state index contributed by atoms with van der Waals surface area (Å²) in [6.07, 6.45) is 2.94. The Labute approximate surface area is 153 Å². The molecule has 2 amide bonds. The summed E-state index contributed by atoms with van der Waals surface area (Å²) in [6.45, 7) is 13.2. The van der Waals surface area contributed by atoms with E-state index in [1.807, 2.05) is 0 Å². The molecule has 0 aliphatic carbocycles. The maximum atomic E-state index is 12.5. The lowest BCUT2D eigenvalue weighted by Gasteiger charge is -2.32. The van der Waals surface area contributed by atoms with E-state index in [-0.39, 0.29) is 6.03 Å². The molecular weight excluding hydrogens is 340 g/mol. The fourth-order valence-corrected chi connectivity index (χ4v) is 4.27. The second kappa shape index (κ2) is 10.3. The normalized spacial score (nSPS) is 18.4. The number of hydrogen-bond acceptors (Lipinski definition) is 4. The van der Waals surface area contributed by atoms with Crippen LogP contribution in [0.25, 0.3) is 0 Å². The minimum absolute atomic E-state index is 0.0868. The number of nitrogens with one attached hydrogen (secondary N) is 1. The second-order valence-corrected chi connectivity index (χ2v) is 9.18. The molecule has 1 saturated heterocycles. The van der Waals surface area contributed by atoms with Gasteiger partial charge >= 0.3 is 6.03 Å². The van der Waals surface area contributed by atoms with Crippen molar-refractivity contribution in [2.24, 2.45) is 5.92 Å². The zero-order valence-corrected chi connectivity index (χ0v) is 17.3. The van der Waals surface area contributed by atoms with Crippen molar-refractivity contribution in [3.8, 4) is 0 Å². The fraction of sp³-hybridized carbons (Fsp3) is 0.941. The molecule has 0 spiro atoms. The molecule has 0 saturated carbocycles. The number of rotatable bonds is 8. The van der Waals surface area contributed by atoms with Crippen LogP contribution in [0.15, 0.2) is 0 Å². The highest BCUT2D eigenvalue weighted by atomic mass is 32.2. The van der Waals surface area contributed by atoms with Gasteiger partial charge in [0.2, 0.25) is 10.0 Å². The van der Waals surface area contributed by atoms with Crippen LogP contribution >= 0.6 is 0 Å². The molecule has 8 heteroatoms. The number of urea groups is 1. The van der Waals surface area contributed by atoms with Crippen molar-refractivity contribution >= 4 is 16.1 Å². The number of likely N-dealkylation sites (N-methyl/N-ethyl adjacent to an activating group) is 1. The predicted octanol–water partition coefficient (Wildman–Crippen LogP) is 1.42. The zero-order valence-electron chi connectivity index (χ0n) is 16.5. The molecular formula is C17H36N4O3S. The van der Waals surface area contributed by atoms with E-state index in [2.05, 4.69) is 37.9 Å². The minimum atomic E-state index is -3.19. The van der Waals surface area contributed by atoms with E-state index < -0.39 is 10.0 Å². The molecule has 1 aliphatic heterocycles. The lowest BCUT2D eigenvalue weighted by Crippen LogP contribution is -2.49. The summed E-state index contributed by atoms with van der Waals surface area (Å²) in [4.78, 5) is 16.6. The topological polar surface area (TPSA) is 73.0 Å². The van der Waals surface area contributed by atoms with Crippen molar-refractivity contribution in [1.29, 1.82) is 0 Å². The van der Waals surface area contributed by atoms with E-state index in [4.69, 9.17) is 0 Å². The Morgan fingerprint density at radius 3 is 2.28 bits per heavy atom. The van der Waals surface area contributed by atoms with Gasteiger partial charge in [0.1, 0.15) is 0 Å². The summed E-state index contributed by atoms with van der Waals surface area (Å²) in [5.74, 6) is 0.573. The van der Waals surface area contributed by atoms with Crippen LogP contribution in [-0.4, -0.2) is 86.7 Å². The van der Waals surface area contributed by atoms with Gasteiger partial charge in [-0.05, 0) is 31.8 Å². The van der Waals surface area contributed by atoms with E-state index in [1.165, 1.54) is 10.6 Å². The van der Waals surface area contributed by atoms with E-state index in [1.54, 1.807) is 4.90 Å². The van der Waals surface area contributed by atoms with Crippen LogP contribution in [0.4, 0.5) is 4.79 Å². The average molecular weight is 377 g/mol. The van der Waals surface area contributed by atoms with Crippen molar-refractivity contribution in [1.82, 2.24) is 19.4 Å². The molecule has 1 aliphatic rings. The molecule has 1 heterocycles. The molecule has 1 rings (SSSR count). The van der Waals surface area contributed by atoms with E-state index in [0.29, 0.717) is 51.1 Å². The molecule has 0 aromatic heterocycles. The van der Waals surface area contributed by atoms with Crippen LogP contribution in [0, 0.1) is 5.92 Å². The first-order chi connectivity index (χ1) is 11.7. The Balaban J connectivity index is 2.58. The first-order valence-electron chi connectivity index (χ1n) is 9.40. The first kappa shape index (κ1) is 22.2. The van der Waals surface area contributed by atoms with Crippen molar-refractivity contribution in [3.05, 3.63) is 0 Å². The van der Waals surface area contributed by atoms with Crippen molar-refractivity contribution in [3.63, 3.8) is 0 Å². The van der Waals surface area contributed by atoms with Crippen molar-refractivity contribution in [2.75, 3.05) is 52.1 Å². The molecule has 1 atom stereocenters. The minimum Gasteiger partial charge on any atom is -0.336 e. The van der Waals surface area contributed by atoms with Gasteiger partial charge in [-0.15, -0.1) is 0 Å². The standard InChI is InChI=1S/C17H36N4O3S/c1-6-19(7-2)16(13-15(3)4)14-18-17(22)20-9-8-10-21(12-11-20)25(5,23)24/h15-16H,6-14H2,1-5H3,(H,18,22)/t16-/m0/s1. The van der Waals surface area contributed by atoms with E-state index >= 15 is 0 Å². The Morgan fingerprint density at radius 1 is 1.12 bits per heavy atom. The molecule has 148 valence electrons. The molecule has 1 N–H and O–H groups in total. The maximum absolute atomic E-state index is 12.5. The molecule has 0 bridgehead atoms. The van der Waals surface area contributed by atoms with Crippen molar-refractivity contribution < 1.29 is 13.2 Å². The summed E-state index contributed by atoms with van der Waals surface area (Å²) >= 11 is 0. The Bertz CT molecular complexity index is 506. The lowest BCUT2D eigenvalue weighted by atomic mass is 10.0. The van der Waals surface area contributed by atoms with E-state index in [9.17, 15) is 13.2 Å². The van der Waals surface area contributed by atoms with Crippen molar-refractivity contribution in [2.45, 2.75) is 46.6 Å². The summed E-state index contributed by atoms with van der Waals surface area (Å²) in [6, 6.07) is 0.245. The molecule has 7 nitrogen and oxygen atoms in total. The van der Waals surface area contributed by atoms with Gasteiger partial charge in [-0.3, -0.25) is 4.90 Å². The van der Waals surface area contributed by atoms with Crippen LogP contribution in [0.1, 0.15) is 40.5 Å². The number of carbonyl (C=O) groups is 1. The summed E-state index contributed by atoms with van der Waals surface area (Å²) in [5, 5.41) is 3.07. The number of sulfonamides is 1. The maximum Gasteiger partial charge on any atom is 0.317 e. The lowest BCUT2D eigenvalue weighted by molar-refractivity contribution is 0.172. The SMILES string of the molecule is CCN(CC)[C@H](CNC(=O)N1CCCN(S(C)(=O)=O)CC1)CC(C)C. The van der Waals surface area contributed by atoms with Gasteiger partial charge in [0.15, 0.2) is 0 Å². The van der Waals surface area contributed by atoms with Gasteiger partial charge in [-0.25, -0.2) is 17.5 Å². The third kappa shape index (κ3) is 7.50. The Morgan fingerprint density at radius 2 is 1.76 bits per heavy atom. The highest BCUT2D eigenvalue weighted by Gasteiger charge is 2.25. The van der Waals surface area contributed by atoms with Crippen LogP contribution in [0.3, 0.4) is 0 Å². The highest BCUT2D eigenvalue weighted by Crippen LogP contribution is 2.12. The Hall–Kier alpha value is -0.860. The average Bonchev–Trinajstić information content (AvgIpc) is 2.78. The third-order valence-electron chi connectivity index (χ3n) is 4.77. The summed E-state index contributed by atoms with van der Waals surface area (Å²) in [7, 11) is -3.19. The highest BCUT2D eigenvalue weighted by molar-refractivity contribution is 7.88. The van der Waals surface area contributed by atoms with Crippen LogP contribution in [0.5, 0.6) is 0 Å². The van der Waals surface area contributed by atoms with Gasteiger partial charge in [0.25, 0.3) is 0 Å². The molecule has 0 unspecified atom stereocenters. The number of carbonyl (C=O) groups excluding carboxylic acids is 1. The van der Waals surface area contributed by atoms with Crippen LogP contribution in [0.2, 0.25) is 0 Å². The monoisotopic (exact) mass is 376 g/mol. The largest absolute Gasteiger partial charge is 0.336 e. The second-order valence-electron chi connectivity index (χ2n) is 7.19. The fourth-order valence-electron chi connectivity index (χ4n) is 3.39. The van der Waals surface area contributed by atoms with E-state index in [0.717, 1.165) is 19.5 Å². The van der Waals surface area contributed by atoms with Crippen LogP contribution in [-0.2, 0) is 10.0 Å². The van der Waals surface area contributed by atoms with Gasteiger partial charge < -0.3 is 10.2 Å². The molecule has 0 radical (unpaired) electrons. The predicted molar refractivity (Wildman–Crippen MR) is 102 cm³/mol. The molecule has 0 aromatic rings. The van der Waals surface area contributed by atoms with Gasteiger partial charge in [0, 0.05) is 38.8 Å². The first-order valence-corrected chi connectivity index (χ1v) is 11.3. The quantitative estimate of drug-likeness (QED) is 0.695. The Kier molecular flexibility index (Phi) is 9.16. The van der Waals surface area contributed by atoms with Crippen LogP contribution < -0.4 is 5.32 Å². The molecule has 25 heavy (non-hydrogen) atoms. The number of amides is 2. The number of nitrogens with zero attached hydrogens (tertiary/aromatic N) is 3. The smallest absolute Gasteiger partial charge is 0.317 e. The zero-order chi connectivity index (χ0) is 19.0. The third-order valence-corrected chi connectivity index (χ3v) is 6.08.